The van der Waals surface area contributed by atoms with Crippen molar-refractivity contribution in [1.82, 2.24) is 15.5 Å². The van der Waals surface area contributed by atoms with Gasteiger partial charge in [-0.1, -0.05) is 35.8 Å². The van der Waals surface area contributed by atoms with Gasteiger partial charge in [-0.3, -0.25) is 4.79 Å². The van der Waals surface area contributed by atoms with E-state index >= 15 is 0 Å². The van der Waals surface area contributed by atoms with Crippen molar-refractivity contribution in [2.24, 2.45) is 0 Å². The van der Waals surface area contributed by atoms with E-state index in [1.807, 2.05) is 0 Å². The number of halogens is 4. The van der Waals surface area contributed by atoms with Crippen LogP contribution >= 0.6 is 11.6 Å². The summed E-state index contributed by atoms with van der Waals surface area (Å²) in [4.78, 5) is 14.9. The van der Waals surface area contributed by atoms with Gasteiger partial charge >= 0.3 is 12.1 Å². The second-order valence-corrected chi connectivity index (χ2v) is 6.05. The van der Waals surface area contributed by atoms with Crippen LogP contribution in [-0.4, -0.2) is 16.0 Å². The van der Waals surface area contributed by atoms with Gasteiger partial charge in [0.25, 0.3) is 0 Å². The minimum atomic E-state index is -4.71. The Labute approximate surface area is 141 Å². The van der Waals surface area contributed by atoms with E-state index in [0.29, 0.717) is 12.0 Å². The van der Waals surface area contributed by atoms with Gasteiger partial charge in [0.2, 0.25) is 11.7 Å². The second-order valence-electron chi connectivity index (χ2n) is 5.64. The topological polar surface area (TPSA) is 68.0 Å². The van der Waals surface area contributed by atoms with Crippen molar-refractivity contribution in [3.8, 4) is 11.4 Å². The quantitative estimate of drug-likeness (QED) is 0.887. The number of rotatable bonds is 4. The zero-order valence-corrected chi connectivity index (χ0v) is 13.9. The van der Waals surface area contributed by atoms with Gasteiger partial charge in [-0.25, -0.2) is 0 Å². The first-order valence-electron chi connectivity index (χ1n) is 7.07. The standard InChI is InChI=1S/C15H15ClF3N3O2/c1-4-11(23)21-14(2,3)9-6-5-8(7-10(9)16)12-20-13(24-22-12)15(17,18)19/h5-7H,4H2,1-3H3,(H,21,23). The zero-order chi connectivity index (χ0) is 18.1. The lowest BCUT2D eigenvalue weighted by atomic mass is 9.93. The molecule has 0 spiro atoms. The first-order valence-corrected chi connectivity index (χ1v) is 7.44. The molecule has 1 aromatic carbocycles. The molecule has 1 aromatic heterocycles. The average Bonchev–Trinajstić information content (AvgIpc) is 2.96. The molecule has 2 aromatic rings. The molecular formula is C15H15ClF3N3O2. The van der Waals surface area contributed by atoms with Gasteiger partial charge in [0.05, 0.1) is 5.54 Å². The van der Waals surface area contributed by atoms with Crippen LogP contribution in [-0.2, 0) is 16.5 Å². The first kappa shape index (κ1) is 18.3. The maximum atomic E-state index is 12.5. The highest BCUT2D eigenvalue weighted by molar-refractivity contribution is 6.31. The molecule has 1 amide bonds. The van der Waals surface area contributed by atoms with Crippen LogP contribution in [0.2, 0.25) is 5.02 Å². The van der Waals surface area contributed by atoms with Crippen LogP contribution < -0.4 is 5.32 Å². The summed E-state index contributed by atoms with van der Waals surface area (Å²) in [5.41, 5.74) is 0.159. The van der Waals surface area contributed by atoms with E-state index in [9.17, 15) is 18.0 Å². The number of benzene rings is 1. The Morgan fingerprint density at radius 2 is 2.00 bits per heavy atom. The molecule has 2 rings (SSSR count). The monoisotopic (exact) mass is 361 g/mol. The maximum absolute atomic E-state index is 12.5. The maximum Gasteiger partial charge on any atom is 0.471 e. The summed E-state index contributed by atoms with van der Waals surface area (Å²) in [6.45, 7) is 5.28. The predicted molar refractivity (Wildman–Crippen MR) is 81.2 cm³/mol. The molecule has 9 heteroatoms. The fourth-order valence-electron chi connectivity index (χ4n) is 2.12. The Morgan fingerprint density at radius 3 is 2.50 bits per heavy atom. The van der Waals surface area contributed by atoms with E-state index in [1.54, 1.807) is 26.8 Å². The first-order chi connectivity index (χ1) is 11.0. The largest absolute Gasteiger partial charge is 0.471 e. The summed E-state index contributed by atoms with van der Waals surface area (Å²) >= 11 is 6.23. The molecule has 0 saturated carbocycles. The fourth-order valence-corrected chi connectivity index (χ4v) is 2.54. The van der Waals surface area contributed by atoms with E-state index in [2.05, 4.69) is 20.0 Å². The van der Waals surface area contributed by atoms with Gasteiger partial charge < -0.3 is 9.84 Å². The molecule has 0 atom stereocenters. The van der Waals surface area contributed by atoms with Crippen molar-refractivity contribution in [2.45, 2.75) is 38.9 Å². The number of amides is 1. The number of nitrogens with one attached hydrogen (secondary N) is 1. The molecule has 1 heterocycles. The molecule has 130 valence electrons. The number of nitrogens with zero attached hydrogens (tertiary/aromatic N) is 2. The summed E-state index contributed by atoms with van der Waals surface area (Å²) in [6, 6.07) is 4.56. The molecule has 0 radical (unpaired) electrons. The minimum Gasteiger partial charge on any atom is -0.347 e. The molecule has 0 aliphatic rings. The summed E-state index contributed by atoms with van der Waals surface area (Å²) in [5, 5.41) is 6.41. The van der Waals surface area contributed by atoms with Crippen molar-refractivity contribution in [1.29, 1.82) is 0 Å². The van der Waals surface area contributed by atoms with Crippen LogP contribution in [0.15, 0.2) is 22.7 Å². The van der Waals surface area contributed by atoms with Gasteiger partial charge in [-0.2, -0.15) is 18.2 Å². The van der Waals surface area contributed by atoms with Gasteiger partial charge in [-0.05, 0) is 25.5 Å². The molecule has 0 bridgehead atoms. The van der Waals surface area contributed by atoms with Crippen LogP contribution in [0.5, 0.6) is 0 Å². The summed E-state index contributed by atoms with van der Waals surface area (Å²) in [5.74, 6) is -1.78. The third-order valence-corrected chi connectivity index (χ3v) is 3.65. The number of carbonyl (C=O) groups excluding carboxylic acids is 1. The molecule has 5 nitrogen and oxygen atoms in total. The number of hydrogen-bond acceptors (Lipinski definition) is 4. The number of aromatic nitrogens is 2. The Morgan fingerprint density at radius 1 is 1.33 bits per heavy atom. The van der Waals surface area contributed by atoms with Crippen molar-refractivity contribution < 1.29 is 22.5 Å². The normalized spacial score (nSPS) is 12.3. The van der Waals surface area contributed by atoms with Crippen LogP contribution in [0.4, 0.5) is 13.2 Å². The molecule has 0 aliphatic carbocycles. The Kier molecular flexibility index (Phi) is 4.89. The van der Waals surface area contributed by atoms with Crippen molar-refractivity contribution in [3.63, 3.8) is 0 Å². The molecule has 0 fully saturated rings. The van der Waals surface area contributed by atoms with E-state index in [0.717, 1.165) is 0 Å². The lowest BCUT2D eigenvalue weighted by Gasteiger charge is -2.28. The zero-order valence-electron chi connectivity index (χ0n) is 13.2. The SMILES string of the molecule is CCC(=O)NC(C)(C)c1ccc(-c2noc(C(F)(F)F)n2)cc1Cl. The van der Waals surface area contributed by atoms with E-state index < -0.39 is 17.6 Å². The number of carbonyl (C=O) groups is 1. The van der Waals surface area contributed by atoms with Crippen LogP contribution in [0.1, 0.15) is 38.6 Å². The third-order valence-electron chi connectivity index (χ3n) is 3.34. The highest BCUT2D eigenvalue weighted by Crippen LogP contribution is 2.33. The molecule has 24 heavy (non-hydrogen) atoms. The minimum absolute atomic E-state index is 0.145. The fraction of sp³-hybridized carbons (Fsp3) is 0.400. The summed E-state index contributed by atoms with van der Waals surface area (Å²) in [6.07, 6.45) is -4.39. The van der Waals surface area contributed by atoms with Crippen molar-refractivity contribution >= 4 is 17.5 Å². The van der Waals surface area contributed by atoms with Crippen LogP contribution in [0.3, 0.4) is 0 Å². The smallest absolute Gasteiger partial charge is 0.347 e. The second kappa shape index (κ2) is 6.43. The summed E-state index contributed by atoms with van der Waals surface area (Å²) < 4.78 is 41.7. The Bertz CT molecular complexity index is 757. The van der Waals surface area contributed by atoms with Crippen LogP contribution in [0.25, 0.3) is 11.4 Å². The predicted octanol–water partition coefficient (Wildman–Crippen LogP) is 4.17. The van der Waals surface area contributed by atoms with Gasteiger partial charge in [0.1, 0.15) is 0 Å². The number of hydrogen-bond donors (Lipinski definition) is 1. The third kappa shape index (κ3) is 3.87. The van der Waals surface area contributed by atoms with Gasteiger partial charge in [-0.15, -0.1) is 0 Å². The molecule has 1 N–H and O–H groups in total. The highest BCUT2D eigenvalue weighted by Gasteiger charge is 2.38. The van der Waals surface area contributed by atoms with Gasteiger partial charge in [0.15, 0.2) is 0 Å². The summed E-state index contributed by atoms with van der Waals surface area (Å²) in [7, 11) is 0. The van der Waals surface area contributed by atoms with Crippen LogP contribution in [0, 0.1) is 0 Å². The van der Waals surface area contributed by atoms with E-state index in [1.165, 1.54) is 12.1 Å². The lowest BCUT2D eigenvalue weighted by molar-refractivity contribution is -0.159. The van der Waals surface area contributed by atoms with Gasteiger partial charge in [0, 0.05) is 17.0 Å². The van der Waals surface area contributed by atoms with Crippen molar-refractivity contribution in [2.75, 3.05) is 0 Å². The Balaban J connectivity index is 2.33. The lowest BCUT2D eigenvalue weighted by Crippen LogP contribution is -2.40. The molecule has 0 aliphatic heterocycles. The average molecular weight is 362 g/mol. The van der Waals surface area contributed by atoms with E-state index in [4.69, 9.17) is 11.6 Å². The molecule has 0 unspecified atom stereocenters. The van der Waals surface area contributed by atoms with E-state index in [-0.39, 0.29) is 22.3 Å². The number of alkyl halides is 3. The Hall–Kier alpha value is -2.09. The van der Waals surface area contributed by atoms with Crippen molar-refractivity contribution in [3.05, 3.63) is 34.7 Å². The highest BCUT2D eigenvalue weighted by atomic mass is 35.5. The molecule has 0 saturated heterocycles. The molecular weight excluding hydrogens is 347 g/mol.